The van der Waals surface area contributed by atoms with E-state index in [2.05, 4.69) is 0 Å². The summed E-state index contributed by atoms with van der Waals surface area (Å²) >= 11 is 0. The Labute approximate surface area is 251 Å². The highest BCUT2D eigenvalue weighted by Crippen LogP contribution is 2.57. The Morgan fingerprint density at radius 1 is 0.435 bits per heavy atom. The Bertz CT molecular complexity index is 2090. The molecule has 0 radical (unpaired) electrons. The first-order valence-corrected chi connectivity index (χ1v) is 12.1. The summed E-state index contributed by atoms with van der Waals surface area (Å²) in [4.78, 5) is 0. The van der Waals surface area contributed by atoms with Gasteiger partial charge in [-0.1, -0.05) is 0 Å². The first-order valence-electron chi connectivity index (χ1n) is 11.6. The quantitative estimate of drug-likeness (QED) is 0.134. The van der Waals surface area contributed by atoms with Gasteiger partial charge in [-0.15, -0.1) is 9.24 Å². The maximum Gasteiger partial charge on any atom is 0.180 e. The second-order valence-corrected chi connectivity index (χ2v) is 9.39. The molecule has 17 heteroatoms. The van der Waals surface area contributed by atoms with Crippen molar-refractivity contribution in [3.05, 3.63) is 115 Å². The molecule has 3 aromatic rings. The first-order chi connectivity index (χ1) is 21.7. The van der Waals surface area contributed by atoms with Crippen molar-refractivity contribution in [2.75, 3.05) is 0 Å². The van der Waals surface area contributed by atoms with Gasteiger partial charge in [0.05, 0.1) is 33.4 Å². The lowest BCUT2D eigenvalue weighted by atomic mass is 9.99. The van der Waals surface area contributed by atoms with E-state index in [0.29, 0.717) is 6.07 Å². The summed E-state index contributed by atoms with van der Waals surface area (Å²) in [6.07, 6.45) is 0. The summed E-state index contributed by atoms with van der Waals surface area (Å²) in [5, 5.41) is 46.4. The molecule has 3 aromatic carbocycles. The van der Waals surface area contributed by atoms with Crippen LogP contribution in [-0.4, -0.2) is 0 Å². The zero-order valence-electron chi connectivity index (χ0n) is 21.5. The Hall–Kier alpha value is -6.01. The van der Waals surface area contributed by atoms with Gasteiger partial charge in [0.2, 0.25) is 0 Å². The van der Waals surface area contributed by atoms with Crippen LogP contribution in [0.3, 0.4) is 0 Å². The lowest BCUT2D eigenvalue weighted by Crippen LogP contribution is -2.09. The molecule has 0 saturated heterocycles. The Balaban J connectivity index is 2.36. The molecule has 0 aromatic heterocycles. The van der Waals surface area contributed by atoms with Gasteiger partial charge in [0.25, 0.3) is 0 Å². The molecule has 0 N–H and O–H groups in total. The van der Waals surface area contributed by atoms with Crippen LogP contribution in [0, 0.1) is 121 Å². The average molecular weight is 661 g/mol. The van der Waals surface area contributed by atoms with Gasteiger partial charge in [-0.25, -0.2) is 48.3 Å². The number of benzene rings is 3. The van der Waals surface area contributed by atoms with Crippen molar-refractivity contribution in [1.29, 1.82) is 26.3 Å². The van der Waals surface area contributed by atoms with Gasteiger partial charge in [0.15, 0.2) is 58.2 Å². The summed E-state index contributed by atoms with van der Waals surface area (Å²) in [5.74, 6) is -24.9. The van der Waals surface area contributed by atoms with Crippen LogP contribution in [0.5, 0.6) is 0 Å². The molecule has 0 bridgehead atoms. The number of rotatable bonds is 3. The van der Waals surface area contributed by atoms with Crippen molar-refractivity contribution < 1.29 is 48.3 Å². The van der Waals surface area contributed by atoms with Crippen LogP contribution in [0.2, 0.25) is 0 Å². The lowest BCUT2D eigenvalue weighted by molar-refractivity contribution is 0.446. The van der Waals surface area contributed by atoms with E-state index >= 15 is 22.0 Å². The van der Waals surface area contributed by atoms with Crippen molar-refractivity contribution in [2.45, 2.75) is 0 Å². The number of hydrogen-bond acceptors (Lipinski definition) is 5. The van der Waals surface area contributed by atoms with E-state index in [1.165, 1.54) is 0 Å². The van der Waals surface area contributed by atoms with E-state index in [4.69, 9.17) is 10.5 Å². The minimum absolute atomic E-state index is 0.292. The fraction of sp³-hybridized carbons (Fsp3) is 0. The molecule has 4 rings (SSSR count). The maximum absolute atomic E-state index is 15.1. The molecule has 0 amide bonds. The highest BCUT2D eigenvalue weighted by atomic mass is 31.0. The van der Waals surface area contributed by atoms with Gasteiger partial charge in [-0.3, -0.25) is 0 Å². The number of halogens is 11. The summed E-state index contributed by atoms with van der Waals surface area (Å²) in [7, 11) is 1.61. The lowest BCUT2D eigenvalue weighted by Gasteiger charge is -2.08. The van der Waals surface area contributed by atoms with E-state index in [-0.39, 0.29) is 0 Å². The molecule has 1 aliphatic carbocycles. The van der Waals surface area contributed by atoms with Crippen LogP contribution in [0.4, 0.5) is 48.3 Å². The van der Waals surface area contributed by atoms with E-state index in [1.54, 1.807) is 9.24 Å². The van der Waals surface area contributed by atoms with Crippen molar-refractivity contribution >= 4 is 31.3 Å². The summed E-state index contributed by atoms with van der Waals surface area (Å²) < 4.78 is 162. The second-order valence-electron chi connectivity index (χ2n) is 8.77. The standard InChI is InChI=1S/C29H3F11N5P/c30-12-1-13(46)25(36)17(24(12)35)7(2-41)14-15(8(3-42)18-26(37)20(31)10(5-44)21(32)27(18)38)16(14)9(4-43)19-28(39)22(33)11(6-45)23(34)29(19)40/h1H,46H2. The van der Waals surface area contributed by atoms with Gasteiger partial charge < -0.3 is 0 Å². The van der Waals surface area contributed by atoms with Crippen LogP contribution >= 0.6 is 9.24 Å². The van der Waals surface area contributed by atoms with E-state index < -0.39 is 131 Å². The van der Waals surface area contributed by atoms with Gasteiger partial charge in [-0.2, -0.15) is 26.3 Å². The van der Waals surface area contributed by atoms with Crippen molar-refractivity contribution in [3.8, 4) is 30.3 Å². The van der Waals surface area contributed by atoms with Crippen molar-refractivity contribution in [2.24, 2.45) is 0 Å². The molecule has 1 saturated carbocycles. The number of allylic oxidation sites excluding steroid dienone is 6. The minimum Gasteiger partial charge on any atom is -0.205 e. The molecule has 0 spiro atoms. The van der Waals surface area contributed by atoms with Gasteiger partial charge in [-0.05, 0) is 6.07 Å². The molecule has 1 atom stereocenters. The third-order valence-electron chi connectivity index (χ3n) is 6.46. The van der Waals surface area contributed by atoms with Crippen molar-refractivity contribution in [3.63, 3.8) is 0 Å². The predicted octanol–water partition coefficient (Wildman–Crippen LogP) is 6.71. The fourth-order valence-electron chi connectivity index (χ4n) is 4.39. The molecule has 0 heterocycles. The van der Waals surface area contributed by atoms with E-state index in [0.717, 1.165) is 30.3 Å². The second kappa shape index (κ2) is 11.8. The zero-order valence-corrected chi connectivity index (χ0v) is 22.7. The van der Waals surface area contributed by atoms with Gasteiger partial charge >= 0.3 is 0 Å². The minimum atomic E-state index is -2.44. The normalized spacial score (nSPS) is 14.0. The maximum atomic E-state index is 15.1. The Morgan fingerprint density at radius 2 is 0.717 bits per heavy atom. The van der Waals surface area contributed by atoms with Crippen LogP contribution in [-0.2, 0) is 0 Å². The first kappa shape index (κ1) is 32.9. The highest BCUT2D eigenvalue weighted by molar-refractivity contribution is 7.27. The molecule has 1 aliphatic rings. The van der Waals surface area contributed by atoms with E-state index in [1.807, 2.05) is 0 Å². The molecule has 5 nitrogen and oxygen atoms in total. The molecule has 1 fully saturated rings. The highest BCUT2D eigenvalue weighted by Gasteiger charge is 2.46. The number of hydrogen-bond donors (Lipinski definition) is 0. The van der Waals surface area contributed by atoms with Crippen LogP contribution in [0.25, 0.3) is 16.7 Å². The summed E-state index contributed by atoms with van der Waals surface area (Å²) in [6.45, 7) is 0. The predicted molar refractivity (Wildman–Crippen MR) is 135 cm³/mol. The summed E-state index contributed by atoms with van der Waals surface area (Å²) in [5.41, 5.74) is -17.6. The van der Waals surface area contributed by atoms with Crippen molar-refractivity contribution in [1.82, 2.24) is 0 Å². The molecule has 0 aliphatic heterocycles. The third kappa shape index (κ3) is 4.63. The van der Waals surface area contributed by atoms with Gasteiger partial charge in [0.1, 0.15) is 47.3 Å². The smallest absolute Gasteiger partial charge is 0.180 e. The zero-order chi connectivity index (χ0) is 34.5. The Morgan fingerprint density at radius 3 is 0.978 bits per heavy atom. The molecule has 226 valence electrons. The Kier molecular flexibility index (Phi) is 8.45. The topological polar surface area (TPSA) is 119 Å². The number of nitriles is 5. The largest absolute Gasteiger partial charge is 0.205 e. The van der Waals surface area contributed by atoms with E-state index in [9.17, 15) is 42.1 Å². The monoisotopic (exact) mass is 661 g/mol. The molecular formula is C29H3F11N5P. The summed E-state index contributed by atoms with van der Waals surface area (Å²) in [6, 6.07) is 5.17. The van der Waals surface area contributed by atoms with Crippen LogP contribution in [0.1, 0.15) is 27.8 Å². The van der Waals surface area contributed by atoms with Crippen LogP contribution in [0.15, 0.2) is 22.8 Å². The average Bonchev–Trinajstić information content (AvgIpc) is 3.74. The van der Waals surface area contributed by atoms with Gasteiger partial charge in [0, 0.05) is 22.0 Å². The molecule has 1 unspecified atom stereocenters. The molecule has 46 heavy (non-hydrogen) atoms. The fourth-order valence-corrected chi connectivity index (χ4v) is 4.68. The molecular weight excluding hydrogens is 658 g/mol. The number of nitrogens with zero attached hydrogens (tertiary/aromatic N) is 5. The third-order valence-corrected chi connectivity index (χ3v) is 6.88. The van der Waals surface area contributed by atoms with Crippen LogP contribution < -0.4 is 5.30 Å². The SMILES string of the molecule is N#CC(=C1C(=C(C#N)c2c(F)c(F)c(C#N)c(F)c2F)C1=C(C#N)c1c(F)c(F)c(C#N)c(F)c1F)c1c(F)c(F)cc(P)c1F.